The van der Waals surface area contributed by atoms with Crippen molar-refractivity contribution in [3.63, 3.8) is 0 Å². The lowest BCUT2D eigenvalue weighted by atomic mass is 10.1. The molecule has 1 atom stereocenters. The van der Waals surface area contributed by atoms with E-state index in [1.165, 1.54) is 0 Å². The molecule has 0 spiro atoms. The van der Waals surface area contributed by atoms with Crippen molar-refractivity contribution < 1.29 is 87.9 Å². The van der Waals surface area contributed by atoms with Gasteiger partial charge in [-0.15, -0.1) is 0 Å². The topological polar surface area (TPSA) is 27.7 Å². The molecular weight excluding hydrogens is 627 g/mol. The van der Waals surface area contributed by atoms with E-state index in [1.54, 1.807) is 0 Å². The Hall–Kier alpha value is -1.09. The average molecular weight is 652 g/mol. The second-order valence-electron chi connectivity index (χ2n) is 8.68. The van der Waals surface area contributed by atoms with E-state index in [9.17, 15) is 74.6 Å². The predicted octanol–water partition coefficient (Wildman–Crippen LogP) is 9.65. The summed E-state index contributed by atoms with van der Waals surface area (Å²) < 4.78 is 236. The van der Waals surface area contributed by atoms with E-state index >= 15 is 0 Å². The molecule has 0 N–H and O–H groups in total. The minimum absolute atomic E-state index is 0.0471. The van der Waals surface area contributed by atoms with Crippen molar-refractivity contribution >= 4 is 8.80 Å². The van der Waals surface area contributed by atoms with E-state index in [1.807, 2.05) is 6.92 Å². The summed E-state index contributed by atoms with van der Waals surface area (Å²) in [6, 6.07) is -2.20. The number of alkyl halides is 17. The monoisotopic (exact) mass is 652 g/mol. The number of hydrogen-bond acceptors (Lipinski definition) is 3. The van der Waals surface area contributed by atoms with E-state index < -0.39 is 83.3 Å². The van der Waals surface area contributed by atoms with Gasteiger partial charge in [-0.1, -0.05) is 51.9 Å². The highest BCUT2D eigenvalue weighted by Crippen LogP contribution is 2.54. The summed E-state index contributed by atoms with van der Waals surface area (Å²) in [5, 5.41) is 0. The Morgan fingerprint density at radius 1 is 0.500 bits per heavy atom. The van der Waals surface area contributed by atoms with Crippen LogP contribution < -0.4 is 0 Å². The van der Waals surface area contributed by atoms with Crippen molar-refractivity contribution in [2.24, 2.45) is 0 Å². The van der Waals surface area contributed by atoms with Gasteiger partial charge >= 0.3 is 45.2 Å². The Morgan fingerprint density at radius 2 is 0.800 bits per heavy atom. The van der Waals surface area contributed by atoms with Gasteiger partial charge in [-0.2, -0.15) is 61.5 Å². The SMILES string of the molecule is CCCCCCCCCC[Si](OC(C)(F)C(F)F)(OC(F)(C(F)(F)F)C(F)(F)F)OC(F)(C(F)(F)F)C(F)(F)F. The largest absolute Gasteiger partial charge is 0.509 e. The molecule has 0 aliphatic heterocycles. The van der Waals surface area contributed by atoms with Crippen LogP contribution in [-0.2, 0) is 13.3 Å². The summed E-state index contributed by atoms with van der Waals surface area (Å²) in [6.07, 6.45) is -33.1. The van der Waals surface area contributed by atoms with Crippen LogP contribution in [0.5, 0.6) is 0 Å². The molecule has 0 bridgehead atoms. The molecule has 0 saturated heterocycles. The van der Waals surface area contributed by atoms with E-state index in [2.05, 4.69) is 13.3 Å². The van der Waals surface area contributed by atoms with Crippen molar-refractivity contribution in [1.29, 1.82) is 0 Å². The van der Waals surface area contributed by atoms with Crippen LogP contribution in [0.25, 0.3) is 0 Å². The van der Waals surface area contributed by atoms with Gasteiger partial charge < -0.3 is 13.3 Å². The van der Waals surface area contributed by atoms with Crippen LogP contribution in [-0.4, -0.2) is 57.5 Å². The molecule has 0 aromatic rings. The third-order valence-corrected chi connectivity index (χ3v) is 7.99. The maximum absolute atomic E-state index is 14.4. The zero-order valence-corrected chi connectivity index (χ0v) is 21.6. The van der Waals surface area contributed by atoms with Crippen molar-refractivity contribution in [1.82, 2.24) is 0 Å². The summed E-state index contributed by atoms with van der Waals surface area (Å²) >= 11 is 0. The second kappa shape index (κ2) is 13.5. The molecule has 0 rings (SSSR count). The van der Waals surface area contributed by atoms with Gasteiger partial charge in [-0.3, -0.25) is 0 Å². The van der Waals surface area contributed by atoms with Gasteiger partial charge in [-0.25, -0.2) is 13.2 Å². The first-order valence-corrected chi connectivity index (χ1v) is 13.3. The fraction of sp³-hybridized carbons (Fsp3) is 1.00. The summed E-state index contributed by atoms with van der Waals surface area (Å²) in [6.45, 7) is 1.27. The first kappa shape index (κ1) is 38.9. The molecule has 0 aliphatic carbocycles. The highest BCUT2D eigenvalue weighted by Gasteiger charge is 2.82. The third kappa shape index (κ3) is 9.74. The highest BCUT2D eigenvalue weighted by molar-refractivity contribution is 6.61. The smallest absolute Gasteiger partial charge is 0.335 e. The summed E-state index contributed by atoms with van der Waals surface area (Å²) in [4.78, 5) is 0. The van der Waals surface area contributed by atoms with Crippen LogP contribution in [0.2, 0.25) is 6.04 Å². The normalized spacial score (nSPS) is 16.5. The van der Waals surface area contributed by atoms with Gasteiger partial charge in [0.1, 0.15) is 0 Å². The number of halogens is 17. The Morgan fingerprint density at radius 3 is 1.07 bits per heavy atom. The molecule has 0 aromatic carbocycles. The third-order valence-electron chi connectivity index (χ3n) is 5.13. The van der Waals surface area contributed by atoms with Crippen LogP contribution in [0.3, 0.4) is 0 Å². The maximum Gasteiger partial charge on any atom is 0.509 e. The molecule has 242 valence electrons. The van der Waals surface area contributed by atoms with Crippen LogP contribution in [0.1, 0.15) is 65.2 Å². The van der Waals surface area contributed by atoms with Gasteiger partial charge in [0, 0.05) is 6.04 Å². The van der Waals surface area contributed by atoms with Crippen molar-refractivity contribution in [2.45, 2.75) is 120 Å². The van der Waals surface area contributed by atoms with Gasteiger partial charge in [0.25, 0.3) is 12.3 Å². The summed E-state index contributed by atoms with van der Waals surface area (Å²) in [5.41, 5.74) is 0. The van der Waals surface area contributed by atoms with E-state index in [0.717, 1.165) is 12.8 Å². The summed E-state index contributed by atoms with van der Waals surface area (Å²) in [7, 11) is -7.77. The fourth-order valence-corrected chi connectivity index (χ4v) is 6.15. The molecule has 1 unspecified atom stereocenters. The van der Waals surface area contributed by atoms with Crippen LogP contribution >= 0.6 is 0 Å². The predicted molar refractivity (Wildman–Crippen MR) is 104 cm³/mol. The molecule has 21 heteroatoms. The molecule has 0 aromatic heterocycles. The minimum Gasteiger partial charge on any atom is -0.335 e. The average Bonchev–Trinajstić information content (AvgIpc) is 2.71. The van der Waals surface area contributed by atoms with Crippen LogP contribution in [0.15, 0.2) is 0 Å². The molecule has 40 heavy (non-hydrogen) atoms. The quantitative estimate of drug-likeness (QED) is 0.0945. The van der Waals surface area contributed by atoms with Crippen molar-refractivity contribution in [2.75, 3.05) is 0 Å². The van der Waals surface area contributed by atoms with Gasteiger partial charge in [0.15, 0.2) is 0 Å². The molecule has 0 heterocycles. The molecular formula is C19H25F17O3Si. The van der Waals surface area contributed by atoms with Gasteiger partial charge in [0.05, 0.1) is 0 Å². The molecule has 0 saturated carbocycles. The molecule has 0 aliphatic rings. The lowest BCUT2D eigenvalue weighted by Gasteiger charge is -2.43. The lowest BCUT2D eigenvalue weighted by molar-refractivity contribution is -0.439. The Labute approximate surface area is 217 Å². The van der Waals surface area contributed by atoms with Gasteiger partial charge in [0.2, 0.25) is 0 Å². The molecule has 3 nitrogen and oxygen atoms in total. The number of rotatable bonds is 16. The Balaban J connectivity index is 6.96. The minimum atomic E-state index is -7.77. The maximum atomic E-state index is 14.4. The standard InChI is InChI=1S/C19H25F17O3Si/c1-3-4-5-6-7-8-9-10-11-40(37-13(2,22)12(20)21,38-14(23,16(25,26)27)17(28,29)30)39-15(24,18(31,32)33)19(34,35)36/h12H,3-11H2,1-2H3. The van der Waals surface area contributed by atoms with E-state index in [4.69, 9.17) is 0 Å². The molecule has 0 radical (unpaired) electrons. The van der Waals surface area contributed by atoms with E-state index in [-0.39, 0.29) is 12.8 Å². The highest BCUT2D eigenvalue weighted by atomic mass is 28.4. The van der Waals surface area contributed by atoms with Gasteiger partial charge in [-0.05, 0) is 13.3 Å². The molecule has 0 fully saturated rings. The number of hydrogen-bond donors (Lipinski definition) is 0. The lowest BCUT2D eigenvalue weighted by Crippen LogP contribution is -2.69. The van der Waals surface area contributed by atoms with Crippen molar-refractivity contribution in [3.05, 3.63) is 0 Å². The summed E-state index contributed by atoms with van der Waals surface area (Å²) in [5.74, 6) is -19.6. The first-order chi connectivity index (χ1) is 17.6. The zero-order chi connectivity index (χ0) is 32.1. The fourth-order valence-electron chi connectivity index (χ4n) is 3.02. The first-order valence-electron chi connectivity index (χ1n) is 11.3. The zero-order valence-electron chi connectivity index (χ0n) is 20.6. The Kier molecular flexibility index (Phi) is 13.1. The van der Waals surface area contributed by atoms with E-state index in [0.29, 0.717) is 12.8 Å². The molecule has 0 amide bonds. The second-order valence-corrected chi connectivity index (χ2v) is 11.2. The van der Waals surface area contributed by atoms with Crippen molar-refractivity contribution in [3.8, 4) is 0 Å². The Bertz CT molecular complexity index is 693. The number of unbranched alkanes of at least 4 members (excludes halogenated alkanes) is 7. The van der Waals surface area contributed by atoms with Crippen LogP contribution in [0, 0.1) is 0 Å². The van der Waals surface area contributed by atoms with Crippen LogP contribution in [0.4, 0.5) is 74.6 Å².